The van der Waals surface area contributed by atoms with Crippen molar-refractivity contribution in [3.05, 3.63) is 34.5 Å². The summed E-state index contributed by atoms with van der Waals surface area (Å²) in [6.45, 7) is 0. The van der Waals surface area contributed by atoms with Crippen LogP contribution in [0.5, 0.6) is 0 Å². The van der Waals surface area contributed by atoms with Crippen LogP contribution >= 0.6 is 11.8 Å². The minimum Gasteiger partial charge on any atom is -0.303 e. The molecule has 0 amide bonds. The van der Waals surface area contributed by atoms with E-state index in [1.165, 1.54) is 6.07 Å². The lowest BCUT2D eigenvalue weighted by molar-refractivity contribution is 0.469. The number of fused-ring (bicyclic) bond motifs is 1. The molecule has 0 atom stereocenters. The number of imidazole rings is 1. The van der Waals surface area contributed by atoms with Gasteiger partial charge in [0.25, 0.3) is 0 Å². The Kier molecular flexibility index (Phi) is 2.70. The average molecular weight is 252 g/mol. The van der Waals surface area contributed by atoms with Gasteiger partial charge in [-0.05, 0) is 36.5 Å². The molecule has 2 heterocycles. The lowest BCUT2D eigenvalue weighted by Gasteiger charge is -2.22. The van der Waals surface area contributed by atoms with E-state index in [1.54, 1.807) is 16.7 Å². The molecule has 1 aromatic heterocycles. The van der Waals surface area contributed by atoms with Crippen molar-refractivity contribution >= 4 is 22.8 Å². The smallest absolute Gasteiger partial charge is 0.303 e. The highest BCUT2D eigenvalue weighted by Gasteiger charge is 2.20. The van der Waals surface area contributed by atoms with Gasteiger partial charge in [0.05, 0.1) is 5.52 Å². The Balaban J connectivity index is 2.18. The molecule has 1 aliphatic rings. The summed E-state index contributed by atoms with van der Waals surface area (Å²) in [5, 5.41) is 0. The molecule has 5 heteroatoms. The van der Waals surface area contributed by atoms with E-state index >= 15 is 0 Å². The lowest BCUT2D eigenvalue weighted by atomic mass is 10.1. The van der Waals surface area contributed by atoms with Crippen LogP contribution < -0.4 is 5.69 Å². The highest BCUT2D eigenvalue weighted by molar-refractivity contribution is 7.99. The van der Waals surface area contributed by atoms with Crippen LogP contribution in [0.3, 0.4) is 0 Å². The molecule has 0 bridgehead atoms. The summed E-state index contributed by atoms with van der Waals surface area (Å²) in [5.41, 5.74) is 0.824. The largest absolute Gasteiger partial charge is 0.326 e. The number of aromatic amines is 1. The first-order valence-electron chi connectivity index (χ1n) is 5.74. The van der Waals surface area contributed by atoms with E-state index in [2.05, 4.69) is 4.98 Å². The van der Waals surface area contributed by atoms with E-state index < -0.39 is 0 Å². The van der Waals surface area contributed by atoms with Crippen molar-refractivity contribution in [3.63, 3.8) is 0 Å². The molecule has 0 saturated carbocycles. The third-order valence-corrected chi connectivity index (χ3v) is 4.31. The van der Waals surface area contributed by atoms with Gasteiger partial charge in [0.15, 0.2) is 0 Å². The zero-order valence-corrected chi connectivity index (χ0v) is 10.1. The Morgan fingerprint density at radius 1 is 1.35 bits per heavy atom. The molecular weight excluding hydrogens is 239 g/mol. The molecule has 0 aliphatic carbocycles. The van der Waals surface area contributed by atoms with E-state index in [9.17, 15) is 9.18 Å². The first kappa shape index (κ1) is 10.9. The highest BCUT2D eigenvalue weighted by atomic mass is 32.2. The van der Waals surface area contributed by atoms with Crippen molar-refractivity contribution in [2.45, 2.75) is 18.9 Å². The zero-order valence-electron chi connectivity index (χ0n) is 9.28. The average Bonchev–Trinajstić information content (AvgIpc) is 2.68. The van der Waals surface area contributed by atoms with Crippen LogP contribution in [0.4, 0.5) is 4.39 Å². The second-order valence-corrected chi connectivity index (χ2v) is 5.50. The zero-order chi connectivity index (χ0) is 11.8. The van der Waals surface area contributed by atoms with Crippen LogP contribution in [-0.4, -0.2) is 21.1 Å². The van der Waals surface area contributed by atoms with Crippen LogP contribution in [0.1, 0.15) is 18.9 Å². The third-order valence-electron chi connectivity index (χ3n) is 3.26. The van der Waals surface area contributed by atoms with Gasteiger partial charge < -0.3 is 4.98 Å². The molecule has 1 N–H and O–H groups in total. The molecule has 3 rings (SSSR count). The number of nitrogens with zero attached hydrogens (tertiary/aromatic N) is 1. The standard InChI is InChI=1S/C12H13FN2OS/c13-9-2-1-3-10-11(9)14-12(16)15(10)8-4-6-17-7-5-8/h1-3,8H,4-7H2,(H,14,16). The van der Waals surface area contributed by atoms with Gasteiger partial charge >= 0.3 is 5.69 Å². The molecule has 0 unspecified atom stereocenters. The van der Waals surface area contributed by atoms with E-state index in [1.807, 2.05) is 11.8 Å². The van der Waals surface area contributed by atoms with Crippen molar-refractivity contribution in [1.29, 1.82) is 0 Å². The van der Waals surface area contributed by atoms with E-state index in [4.69, 9.17) is 0 Å². The van der Waals surface area contributed by atoms with Crippen molar-refractivity contribution in [3.8, 4) is 0 Å². The monoisotopic (exact) mass is 252 g/mol. The number of H-pyrrole nitrogens is 1. The Morgan fingerprint density at radius 2 is 2.12 bits per heavy atom. The minimum atomic E-state index is -0.358. The fraction of sp³-hybridized carbons (Fsp3) is 0.417. The fourth-order valence-corrected chi connectivity index (χ4v) is 3.50. The summed E-state index contributed by atoms with van der Waals surface area (Å²) in [4.78, 5) is 14.5. The summed E-state index contributed by atoms with van der Waals surface area (Å²) < 4.78 is 15.3. The normalized spacial score (nSPS) is 17.7. The number of benzene rings is 1. The number of hydrogen-bond acceptors (Lipinski definition) is 2. The van der Waals surface area contributed by atoms with Crippen molar-refractivity contribution in [1.82, 2.24) is 9.55 Å². The van der Waals surface area contributed by atoms with Crippen LogP contribution in [0, 0.1) is 5.82 Å². The Morgan fingerprint density at radius 3 is 2.88 bits per heavy atom. The van der Waals surface area contributed by atoms with E-state index in [-0.39, 0.29) is 17.5 Å². The van der Waals surface area contributed by atoms with Gasteiger partial charge in [-0.15, -0.1) is 0 Å². The van der Waals surface area contributed by atoms with Gasteiger partial charge in [-0.25, -0.2) is 9.18 Å². The van der Waals surface area contributed by atoms with Crippen LogP contribution in [0.25, 0.3) is 11.0 Å². The SMILES string of the molecule is O=c1[nH]c2c(F)cccc2n1C1CCSCC1. The molecule has 3 nitrogen and oxygen atoms in total. The maximum absolute atomic E-state index is 13.6. The molecule has 1 aromatic carbocycles. The topological polar surface area (TPSA) is 37.8 Å². The number of halogens is 1. The van der Waals surface area contributed by atoms with Gasteiger partial charge in [0, 0.05) is 6.04 Å². The first-order chi connectivity index (χ1) is 8.27. The first-order valence-corrected chi connectivity index (χ1v) is 6.89. The third kappa shape index (κ3) is 1.78. The number of nitrogens with one attached hydrogen (secondary N) is 1. The molecule has 17 heavy (non-hydrogen) atoms. The number of rotatable bonds is 1. The number of hydrogen-bond donors (Lipinski definition) is 1. The molecule has 90 valence electrons. The van der Waals surface area contributed by atoms with Gasteiger partial charge in [0.1, 0.15) is 11.3 Å². The predicted molar refractivity (Wildman–Crippen MR) is 68.1 cm³/mol. The molecule has 0 radical (unpaired) electrons. The molecule has 0 spiro atoms. The summed E-state index contributed by atoms with van der Waals surface area (Å²) in [7, 11) is 0. The number of para-hydroxylation sites is 1. The quantitative estimate of drug-likeness (QED) is 0.847. The van der Waals surface area contributed by atoms with Gasteiger partial charge in [0.2, 0.25) is 0 Å². The Hall–Kier alpha value is -1.23. The molecule has 1 saturated heterocycles. The second-order valence-electron chi connectivity index (χ2n) is 4.28. The maximum Gasteiger partial charge on any atom is 0.326 e. The number of aromatic nitrogens is 2. The molecule has 2 aromatic rings. The van der Waals surface area contributed by atoms with Crippen molar-refractivity contribution in [2.24, 2.45) is 0 Å². The second kappa shape index (κ2) is 4.22. The fourth-order valence-electron chi connectivity index (χ4n) is 2.42. The summed E-state index contributed by atoms with van der Waals surface area (Å²) in [6, 6.07) is 5.04. The van der Waals surface area contributed by atoms with Gasteiger partial charge in [-0.1, -0.05) is 6.07 Å². The molecular formula is C12H13FN2OS. The Labute approximate surface area is 102 Å². The van der Waals surface area contributed by atoms with Crippen LogP contribution in [0.2, 0.25) is 0 Å². The molecule has 1 aliphatic heterocycles. The van der Waals surface area contributed by atoms with E-state index in [0.717, 1.165) is 24.3 Å². The summed E-state index contributed by atoms with van der Waals surface area (Å²) in [6.07, 6.45) is 1.96. The summed E-state index contributed by atoms with van der Waals surface area (Å²) >= 11 is 1.91. The van der Waals surface area contributed by atoms with Crippen LogP contribution in [0.15, 0.2) is 23.0 Å². The van der Waals surface area contributed by atoms with Gasteiger partial charge in [-0.2, -0.15) is 11.8 Å². The minimum absolute atomic E-state index is 0.193. The molecule has 1 fully saturated rings. The van der Waals surface area contributed by atoms with Crippen LogP contribution in [-0.2, 0) is 0 Å². The maximum atomic E-state index is 13.6. The predicted octanol–water partition coefficient (Wildman–Crippen LogP) is 2.54. The van der Waals surface area contributed by atoms with Gasteiger partial charge in [-0.3, -0.25) is 4.57 Å². The van der Waals surface area contributed by atoms with E-state index in [0.29, 0.717) is 11.0 Å². The van der Waals surface area contributed by atoms with Crippen molar-refractivity contribution in [2.75, 3.05) is 11.5 Å². The highest BCUT2D eigenvalue weighted by Crippen LogP contribution is 2.28. The number of thioether (sulfide) groups is 1. The summed E-state index contributed by atoms with van der Waals surface area (Å²) in [5.74, 6) is 1.78. The lowest BCUT2D eigenvalue weighted by Crippen LogP contribution is -2.25. The van der Waals surface area contributed by atoms with Crippen molar-refractivity contribution < 1.29 is 4.39 Å². The Bertz CT molecular complexity index is 598.